The summed E-state index contributed by atoms with van der Waals surface area (Å²) in [6.07, 6.45) is 0.965. The predicted octanol–water partition coefficient (Wildman–Crippen LogP) is 0.908. The van der Waals surface area contributed by atoms with Crippen molar-refractivity contribution in [2.75, 3.05) is 18.6 Å². The first-order valence-electron chi connectivity index (χ1n) is 6.59. The second kappa shape index (κ2) is 5.98. The smallest absolute Gasteiger partial charge is 0.311 e. The predicted molar refractivity (Wildman–Crippen MR) is 78.1 cm³/mol. The third-order valence-electron chi connectivity index (χ3n) is 3.78. The van der Waals surface area contributed by atoms with Crippen LogP contribution < -0.4 is 10.5 Å². The Kier molecular flexibility index (Phi) is 4.48. The lowest BCUT2D eigenvalue weighted by Gasteiger charge is -2.17. The quantitative estimate of drug-likeness (QED) is 0.638. The molecular weight excluding hydrogens is 296 g/mol. The van der Waals surface area contributed by atoms with Gasteiger partial charge in [-0.05, 0) is 30.4 Å². The number of methoxy groups -OCH3 is 1. The van der Waals surface area contributed by atoms with E-state index < -0.39 is 14.8 Å². The molecule has 2 rings (SSSR count). The highest BCUT2D eigenvalue weighted by atomic mass is 32.2. The van der Waals surface area contributed by atoms with Gasteiger partial charge in [-0.3, -0.25) is 10.1 Å². The van der Waals surface area contributed by atoms with E-state index in [1.807, 2.05) is 0 Å². The largest absolute Gasteiger partial charge is 0.490 e. The van der Waals surface area contributed by atoms with Crippen LogP contribution in [0.5, 0.6) is 5.75 Å². The molecule has 2 N–H and O–H groups in total. The van der Waals surface area contributed by atoms with Crippen molar-refractivity contribution in [2.24, 2.45) is 11.7 Å². The monoisotopic (exact) mass is 314 g/mol. The number of nitro benzene ring substituents is 1. The second-order valence-corrected chi connectivity index (χ2v) is 7.52. The minimum atomic E-state index is -2.97. The summed E-state index contributed by atoms with van der Waals surface area (Å²) >= 11 is 0. The fourth-order valence-corrected chi connectivity index (χ4v) is 4.50. The van der Waals surface area contributed by atoms with Crippen molar-refractivity contribution in [2.45, 2.75) is 18.9 Å². The van der Waals surface area contributed by atoms with E-state index in [-0.39, 0.29) is 34.9 Å². The number of hydrogen-bond acceptors (Lipinski definition) is 6. The summed E-state index contributed by atoms with van der Waals surface area (Å²) < 4.78 is 27.9. The first-order chi connectivity index (χ1) is 9.82. The maximum Gasteiger partial charge on any atom is 0.311 e. The van der Waals surface area contributed by atoms with Crippen molar-refractivity contribution in [1.82, 2.24) is 0 Å². The molecule has 1 aliphatic heterocycles. The van der Waals surface area contributed by atoms with Gasteiger partial charge in [-0.25, -0.2) is 8.42 Å². The van der Waals surface area contributed by atoms with E-state index in [4.69, 9.17) is 10.5 Å². The number of benzene rings is 1. The molecular formula is C13H18N2O5S. The van der Waals surface area contributed by atoms with E-state index in [2.05, 4.69) is 0 Å². The van der Waals surface area contributed by atoms with Crippen LogP contribution in [0.15, 0.2) is 18.2 Å². The van der Waals surface area contributed by atoms with Crippen LogP contribution in [0.4, 0.5) is 5.69 Å². The van der Waals surface area contributed by atoms with Crippen LogP contribution >= 0.6 is 0 Å². The third kappa shape index (κ3) is 3.70. The van der Waals surface area contributed by atoms with Crippen LogP contribution in [0.25, 0.3) is 0 Å². The highest BCUT2D eigenvalue weighted by Crippen LogP contribution is 2.29. The third-order valence-corrected chi connectivity index (χ3v) is 5.58. The zero-order valence-corrected chi connectivity index (χ0v) is 12.5. The first-order valence-corrected chi connectivity index (χ1v) is 8.42. The number of sulfone groups is 1. The van der Waals surface area contributed by atoms with Gasteiger partial charge in [0.1, 0.15) is 0 Å². The number of nitrogens with two attached hydrogens (primary N) is 1. The molecule has 1 heterocycles. The molecule has 1 aromatic rings. The maximum absolute atomic E-state index is 11.5. The molecule has 0 aliphatic carbocycles. The molecule has 0 bridgehead atoms. The van der Waals surface area contributed by atoms with E-state index >= 15 is 0 Å². The molecule has 8 heteroatoms. The highest BCUT2D eigenvalue weighted by molar-refractivity contribution is 7.91. The van der Waals surface area contributed by atoms with Crippen molar-refractivity contribution in [3.05, 3.63) is 33.9 Å². The fraction of sp³-hybridized carbons (Fsp3) is 0.538. The normalized spacial score (nSPS) is 21.9. The van der Waals surface area contributed by atoms with Gasteiger partial charge >= 0.3 is 5.69 Å². The topological polar surface area (TPSA) is 113 Å². The molecule has 1 saturated heterocycles. The summed E-state index contributed by atoms with van der Waals surface area (Å²) in [5, 5.41) is 11.0. The molecule has 0 spiro atoms. The summed E-state index contributed by atoms with van der Waals surface area (Å²) in [4.78, 5) is 10.5. The molecule has 0 radical (unpaired) electrons. The lowest BCUT2D eigenvalue weighted by molar-refractivity contribution is -0.385. The van der Waals surface area contributed by atoms with Crippen LogP contribution in [-0.4, -0.2) is 38.0 Å². The van der Waals surface area contributed by atoms with Crippen LogP contribution in [0.1, 0.15) is 12.0 Å². The van der Waals surface area contributed by atoms with Crippen molar-refractivity contribution >= 4 is 15.5 Å². The summed E-state index contributed by atoms with van der Waals surface area (Å²) in [7, 11) is -1.60. The Morgan fingerprint density at radius 2 is 2.24 bits per heavy atom. The zero-order chi connectivity index (χ0) is 15.6. The van der Waals surface area contributed by atoms with E-state index in [9.17, 15) is 18.5 Å². The minimum Gasteiger partial charge on any atom is -0.490 e. The molecule has 7 nitrogen and oxygen atoms in total. The average Bonchev–Trinajstić information content (AvgIpc) is 2.79. The Morgan fingerprint density at radius 1 is 1.52 bits per heavy atom. The van der Waals surface area contributed by atoms with Crippen LogP contribution in [-0.2, 0) is 16.3 Å². The van der Waals surface area contributed by atoms with Gasteiger partial charge in [-0.1, -0.05) is 6.07 Å². The summed E-state index contributed by atoms with van der Waals surface area (Å²) in [6.45, 7) is 0. The first kappa shape index (κ1) is 15.7. The molecule has 21 heavy (non-hydrogen) atoms. The van der Waals surface area contributed by atoms with Gasteiger partial charge in [0.2, 0.25) is 0 Å². The van der Waals surface area contributed by atoms with Gasteiger partial charge in [0.05, 0.1) is 23.5 Å². The average molecular weight is 314 g/mol. The van der Waals surface area contributed by atoms with Crippen LogP contribution in [0, 0.1) is 16.0 Å². The molecule has 116 valence electrons. The summed E-state index contributed by atoms with van der Waals surface area (Å²) in [5.41, 5.74) is 6.66. The SMILES string of the molecule is COc1ccc(CC(N)C2CCS(=O)(=O)C2)cc1[N+](=O)[O-]. The number of hydrogen-bond donors (Lipinski definition) is 1. The van der Waals surface area contributed by atoms with Gasteiger partial charge in [-0.15, -0.1) is 0 Å². The van der Waals surface area contributed by atoms with Crippen molar-refractivity contribution in [3.8, 4) is 5.75 Å². The molecule has 1 aliphatic rings. The van der Waals surface area contributed by atoms with Crippen LogP contribution in [0.2, 0.25) is 0 Å². The summed E-state index contributed by atoms with van der Waals surface area (Å²) in [6, 6.07) is 4.36. The Balaban J connectivity index is 2.13. The van der Waals surface area contributed by atoms with Crippen molar-refractivity contribution in [3.63, 3.8) is 0 Å². The Labute approximate surface area is 123 Å². The Bertz CT molecular complexity index is 644. The van der Waals surface area contributed by atoms with E-state index in [0.717, 1.165) is 0 Å². The van der Waals surface area contributed by atoms with E-state index in [0.29, 0.717) is 18.4 Å². The van der Waals surface area contributed by atoms with E-state index in [1.54, 1.807) is 6.07 Å². The molecule has 0 saturated carbocycles. The molecule has 1 fully saturated rings. The molecule has 1 aromatic carbocycles. The number of nitrogens with zero attached hydrogens (tertiary/aromatic N) is 1. The molecule has 0 aromatic heterocycles. The summed E-state index contributed by atoms with van der Waals surface area (Å²) in [5.74, 6) is 0.387. The second-order valence-electron chi connectivity index (χ2n) is 5.29. The fourth-order valence-electron chi connectivity index (χ4n) is 2.61. The minimum absolute atomic E-state index is 0.0869. The number of nitro groups is 1. The molecule has 2 unspecified atom stereocenters. The van der Waals surface area contributed by atoms with Gasteiger partial charge in [0, 0.05) is 12.1 Å². The molecule has 0 amide bonds. The van der Waals surface area contributed by atoms with Gasteiger partial charge in [0.15, 0.2) is 15.6 Å². The lowest BCUT2D eigenvalue weighted by Crippen LogP contribution is -2.33. The van der Waals surface area contributed by atoms with Crippen molar-refractivity contribution < 1.29 is 18.1 Å². The maximum atomic E-state index is 11.5. The standard InChI is InChI=1S/C13H18N2O5S/c1-20-13-3-2-9(7-12(13)15(16)17)6-11(14)10-4-5-21(18,19)8-10/h2-3,7,10-11H,4-6,8,14H2,1H3. The Morgan fingerprint density at radius 3 is 2.76 bits per heavy atom. The molecule has 2 atom stereocenters. The van der Waals surface area contributed by atoms with E-state index in [1.165, 1.54) is 19.2 Å². The number of rotatable bonds is 5. The highest BCUT2D eigenvalue weighted by Gasteiger charge is 2.32. The van der Waals surface area contributed by atoms with Crippen LogP contribution in [0.3, 0.4) is 0 Å². The lowest BCUT2D eigenvalue weighted by atomic mass is 9.93. The number of ether oxygens (including phenoxy) is 1. The van der Waals surface area contributed by atoms with Gasteiger partial charge in [0.25, 0.3) is 0 Å². The van der Waals surface area contributed by atoms with Crippen molar-refractivity contribution in [1.29, 1.82) is 0 Å². The zero-order valence-electron chi connectivity index (χ0n) is 11.7. The Hall–Kier alpha value is -1.67. The van der Waals surface area contributed by atoms with Gasteiger partial charge < -0.3 is 10.5 Å². The van der Waals surface area contributed by atoms with Gasteiger partial charge in [-0.2, -0.15) is 0 Å².